The van der Waals surface area contributed by atoms with E-state index in [0.29, 0.717) is 19.6 Å². The van der Waals surface area contributed by atoms with E-state index in [4.69, 9.17) is 14.2 Å². The Morgan fingerprint density at radius 2 is 1.95 bits per heavy atom. The molecule has 1 N–H and O–H groups in total. The number of nitrogens with one attached hydrogen (secondary N) is 1. The average Bonchev–Trinajstić information content (AvgIpc) is 2.75. The van der Waals surface area contributed by atoms with E-state index in [0.717, 1.165) is 0 Å². The molecule has 0 aromatic rings. The van der Waals surface area contributed by atoms with Gasteiger partial charge in [-0.05, 0) is 26.7 Å². The molecule has 0 aromatic heterocycles. The lowest BCUT2D eigenvalue weighted by Gasteiger charge is -2.25. The molecule has 1 amide bonds. The van der Waals surface area contributed by atoms with Crippen LogP contribution in [0.3, 0.4) is 0 Å². The molecule has 1 aliphatic rings. The number of amides is 1. The Kier molecular flexibility index (Phi) is 5.80. The maximum Gasteiger partial charge on any atom is 0.408 e. The van der Waals surface area contributed by atoms with Gasteiger partial charge in [0.2, 0.25) is 0 Å². The molecular formula is C14H25NO5. The number of rotatable bonds is 4. The Labute approximate surface area is 120 Å². The third kappa shape index (κ3) is 5.77. The molecule has 1 rings (SSSR count). The van der Waals surface area contributed by atoms with Crippen LogP contribution in [0.5, 0.6) is 0 Å². The summed E-state index contributed by atoms with van der Waals surface area (Å²) in [7, 11) is 0. The molecule has 0 bridgehead atoms. The number of carbonyl (C=O) groups excluding carboxylic acids is 2. The van der Waals surface area contributed by atoms with Crippen molar-refractivity contribution in [3.8, 4) is 0 Å². The van der Waals surface area contributed by atoms with Crippen LogP contribution in [-0.4, -0.2) is 43.0 Å². The Morgan fingerprint density at radius 3 is 2.40 bits per heavy atom. The second-order valence-electron chi connectivity index (χ2n) is 6.29. The highest BCUT2D eigenvalue weighted by Gasteiger charge is 2.30. The first kappa shape index (κ1) is 16.8. The second kappa shape index (κ2) is 6.92. The number of hydrogen-bond donors (Lipinski definition) is 1. The Bertz CT molecular complexity index is 342. The third-order valence-electron chi connectivity index (χ3n) is 2.76. The van der Waals surface area contributed by atoms with Crippen molar-refractivity contribution in [1.82, 2.24) is 5.32 Å². The van der Waals surface area contributed by atoms with Crippen molar-refractivity contribution in [2.45, 2.75) is 58.8 Å². The van der Waals surface area contributed by atoms with Crippen LogP contribution in [0.4, 0.5) is 4.79 Å². The first-order valence-corrected chi connectivity index (χ1v) is 6.97. The zero-order valence-electron chi connectivity index (χ0n) is 12.9. The fraction of sp³-hybridized carbons (Fsp3) is 0.857. The van der Waals surface area contributed by atoms with Crippen molar-refractivity contribution in [3.05, 3.63) is 0 Å². The van der Waals surface area contributed by atoms with Crippen LogP contribution in [0.15, 0.2) is 0 Å². The van der Waals surface area contributed by atoms with E-state index >= 15 is 0 Å². The maximum absolute atomic E-state index is 12.1. The Morgan fingerprint density at radius 1 is 1.30 bits per heavy atom. The lowest BCUT2D eigenvalue weighted by atomic mass is 10.0. The molecule has 20 heavy (non-hydrogen) atoms. The van der Waals surface area contributed by atoms with Crippen LogP contribution in [0.1, 0.15) is 41.0 Å². The van der Waals surface area contributed by atoms with Crippen LogP contribution in [0.25, 0.3) is 0 Å². The van der Waals surface area contributed by atoms with E-state index < -0.39 is 23.7 Å². The maximum atomic E-state index is 12.1. The molecular weight excluding hydrogens is 262 g/mol. The van der Waals surface area contributed by atoms with E-state index in [2.05, 4.69) is 5.32 Å². The molecule has 6 heteroatoms. The molecule has 116 valence electrons. The molecule has 1 heterocycles. The zero-order chi connectivity index (χ0) is 15.3. The van der Waals surface area contributed by atoms with Crippen LogP contribution in [0, 0.1) is 5.92 Å². The normalized spacial score (nSPS) is 20.6. The summed E-state index contributed by atoms with van der Waals surface area (Å²) in [5.41, 5.74) is -0.602. The summed E-state index contributed by atoms with van der Waals surface area (Å²) in [4.78, 5) is 23.8. The van der Waals surface area contributed by atoms with E-state index in [1.54, 1.807) is 20.8 Å². The highest BCUT2D eigenvalue weighted by molar-refractivity contribution is 5.81. The summed E-state index contributed by atoms with van der Waals surface area (Å²) < 4.78 is 15.6. The van der Waals surface area contributed by atoms with E-state index in [1.165, 1.54) is 0 Å². The predicted octanol–water partition coefficient (Wildman–Crippen LogP) is 1.87. The lowest BCUT2D eigenvalue weighted by molar-refractivity contribution is -0.152. The van der Waals surface area contributed by atoms with Gasteiger partial charge < -0.3 is 19.5 Å². The molecule has 0 aromatic carbocycles. The van der Waals surface area contributed by atoms with Crippen molar-refractivity contribution >= 4 is 12.1 Å². The van der Waals surface area contributed by atoms with Gasteiger partial charge in [0.25, 0.3) is 0 Å². The molecule has 1 fully saturated rings. The van der Waals surface area contributed by atoms with Gasteiger partial charge in [-0.25, -0.2) is 9.59 Å². The second-order valence-corrected chi connectivity index (χ2v) is 6.29. The monoisotopic (exact) mass is 287 g/mol. The van der Waals surface area contributed by atoms with Gasteiger partial charge in [0.15, 0.2) is 0 Å². The molecule has 0 spiro atoms. The quantitative estimate of drug-likeness (QED) is 0.799. The SMILES string of the molecule is CC(C)[C@H](NC(=O)OC(C)(C)C)C(=O)O[C@H]1CCOC1. The fourth-order valence-electron chi connectivity index (χ4n) is 1.78. The van der Waals surface area contributed by atoms with Crippen molar-refractivity contribution in [2.75, 3.05) is 13.2 Å². The molecule has 0 aliphatic carbocycles. The first-order valence-electron chi connectivity index (χ1n) is 6.97. The van der Waals surface area contributed by atoms with Gasteiger partial charge in [-0.15, -0.1) is 0 Å². The fourth-order valence-corrected chi connectivity index (χ4v) is 1.78. The smallest absolute Gasteiger partial charge is 0.408 e. The van der Waals surface area contributed by atoms with E-state index in [-0.39, 0.29) is 12.0 Å². The van der Waals surface area contributed by atoms with Crippen LogP contribution in [-0.2, 0) is 19.0 Å². The van der Waals surface area contributed by atoms with Gasteiger partial charge in [-0.3, -0.25) is 0 Å². The Hall–Kier alpha value is -1.30. The van der Waals surface area contributed by atoms with Gasteiger partial charge in [-0.1, -0.05) is 13.8 Å². The van der Waals surface area contributed by atoms with E-state index in [9.17, 15) is 9.59 Å². The minimum absolute atomic E-state index is 0.0858. The summed E-state index contributed by atoms with van der Waals surface area (Å²) >= 11 is 0. The zero-order valence-corrected chi connectivity index (χ0v) is 12.9. The minimum Gasteiger partial charge on any atom is -0.458 e. The number of hydrogen-bond acceptors (Lipinski definition) is 5. The number of carbonyl (C=O) groups is 2. The highest BCUT2D eigenvalue weighted by atomic mass is 16.6. The summed E-state index contributed by atoms with van der Waals surface area (Å²) in [6, 6.07) is -0.717. The number of alkyl carbamates (subject to hydrolysis) is 1. The standard InChI is InChI=1S/C14H25NO5/c1-9(2)11(15-13(17)20-14(3,4)5)12(16)19-10-6-7-18-8-10/h9-11H,6-8H2,1-5H3,(H,15,17)/t10-,11-/m0/s1. The number of ether oxygens (including phenoxy) is 3. The lowest BCUT2D eigenvalue weighted by Crippen LogP contribution is -2.48. The van der Waals surface area contributed by atoms with Gasteiger partial charge in [0.05, 0.1) is 13.2 Å². The van der Waals surface area contributed by atoms with Crippen LogP contribution >= 0.6 is 0 Å². The molecule has 0 unspecified atom stereocenters. The van der Waals surface area contributed by atoms with Gasteiger partial charge in [0, 0.05) is 6.42 Å². The molecule has 6 nitrogen and oxygen atoms in total. The summed E-state index contributed by atoms with van der Waals surface area (Å²) in [5, 5.41) is 2.57. The van der Waals surface area contributed by atoms with Crippen molar-refractivity contribution < 1.29 is 23.8 Å². The first-order chi connectivity index (χ1) is 9.19. The minimum atomic E-state index is -0.717. The number of esters is 1. The Balaban J connectivity index is 2.54. The summed E-state index contributed by atoms with van der Waals surface area (Å²) in [5.74, 6) is -0.529. The largest absolute Gasteiger partial charge is 0.458 e. The molecule has 1 saturated heterocycles. The van der Waals surface area contributed by atoms with Gasteiger partial charge in [-0.2, -0.15) is 0 Å². The topological polar surface area (TPSA) is 73.9 Å². The highest BCUT2D eigenvalue weighted by Crippen LogP contribution is 2.13. The van der Waals surface area contributed by atoms with Crippen molar-refractivity contribution in [2.24, 2.45) is 5.92 Å². The van der Waals surface area contributed by atoms with Crippen LogP contribution in [0.2, 0.25) is 0 Å². The van der Waals surface area contributed by atoms with Crippen molar-refractivity contribution in [1.29, 1.82) is 0 Å². The summed E-state index contributed by atoms with van der Waals surface area (Å²) in [6.45, 7) is 10.0. The summed E-state index contributed by atoms with van der Waals surface area (Å²) in [6.07, 6.45) is -0.136. The van der Waals surface area contributed by atoms with Gasteiger partial charge in [0.1, 0.15) is 17.7 Å². The third-order valence-corrected chi connectivity index (χ3v) is 2.76. The van der Waals surface area contributed by atoms with E-state index in [1.807, 2.05) is 13.8 Å². The van der Waals surface area contributed by atoms with Crippen molar-refractivity contribution in [3.63, 3.8) is 0 Å². The van der Waals surface area contributed by atoms with Crippen LogP contribution < -0.4 is 5.32 Å². The van der Waals surface area contributed by atoms with Gasteiger partial charge >= 0.3 is 12.1 Å². The molecule has 0 saturated carbocycles. The molecule has 2 atom stereocenters. The predicted molar refractivity (Wildman–Crippen MR) is 73.3 cm³/mol. The molecule has 0 radical (unpaired) electrons. The average molecular weight is 287 g/mol. The molecule has 1 aliphatic heterocycles.